The summed E-state index contributed by atoms with van der Waals surface area (Å²) in [6.45, 7) is 0. The zero-order valence-electron chi connectivity index (χ0n) is 16.1. The quantitative estimate of drug-likeness (QED) is 0.782. The van der Waals surface area contributed by atoms with Crippen LogP contribution in [0.2, 0.25) is 0 Å². The second kappa shape index (κ2) is 9.00. The van der Waals surface area contributed by atoms with E-state index in [-0.39, 0.29) is 11.9 Å². The maximum Gasteiger partial charge on any atom is 0.267 e. The SMILES string of the molecule is NC(=O)C1=NC=CN=COC=CC=CC=Cc2ccccc2C2=NC(C2)OC2=C1C2. The van der Waals surface area contributed by atoms with Gasteiger partial charge >= 0.3 is 0 Å². The Bertz CT molecular complexity index is 1090. The van der Waals surface area contributed by atoms with Crippen LogP contribution in [-0.2, 0) is 14.3 Å². The van der Waals surface area contributed by atoms with Crippen molar-refractivity contribution in [3.8, 4) is 0 Å². The van der Waals surface area contributed by atoms with Crippen LogP contribution in [0.5, 0.6) is 0 Å². The van der Waals surface area contributed by atoms with Gasteiger partial charge in [0.1, 0.15) is 11.5 Å². The molecule has 150 valence electrons. The number of fused-ring (bicyclic) bond motifs is 6. The maximum atomic E-state index is 11.7. The molecular formula is C23H20N4O3. The maximum absolute atomic E-state index is 11.7. The number of primary amides is 1. The van der Waals surface area contributed by atoms with Gasteiger partial charge in [-0.15, -0.1) is 0 Å². The molecular weight excluding hydrogens is 380 g/mol. The first-order valence-electron chi connectivity index (χ1n) is 9.47. The van der Waals surface area contributed by atoms with E-state index in [0.29, 0.717) is 24.2 Å². The molecule has 1 aliphatic carbocycles. The predicted octanol–water partition coefficient (Wildman–Crippen LogP) is 3.42. The van der Waals surface area contributed by atoms with E-state index in [4.69, 9.17) is 15.2 Å². The van der Waals surface area contributed by atoms with E-state index in [1.807, 2.05) is 48.6 Å². The summed E-state index contributed by atoms with van der Waals surface area (Å²) in [5, 5.41) is 0. The lowest BCUT2D eigenvalue weighted by Crippen LogP contribution is -2.27. The molecule has 0 radical (unpaired) electrons. The van der Waals surface area contributed by atoms with Crippen molar-refractivity contribution in [1.29, 1.82) is 0 Å². The summed E-state index contributed by atoms with van der Waals surface area (Å²) in [7, 11) is 0. The van der Waals surface area contributed by atoms with Gasteiger partial charge in [-0.3, -0.25) is 4.79 Å². The molecule has 3 aliphatic heterocycles. The number of nitrogens with two attached hydrogens (primary N) is 1. The Hall–Kier alpha value is -4.00. The number of benzene rings is 1. The number of ether oxygens (including phenoxy) is 2. The summed E-state index contributed by atoms with van der Waals surface area (Å²) in [5.74, 6) is 0.0926. The predicted molar refractivity (Wildman–Crippen MR) is 117 cm³/mol. The molecule has 3 heterocycles. The third-order valence-corrected chi connectivity index (χ3v) is 4.53. The van der Waals surface area contributed by atoms with Crippen LogP contribution in [0.1, 0.15) is 24.0 Å². The van der Waals surface area contributed by atoms with Crippen molar-refractivity contribution in [2.45, 2.75) is 19.1 Å². The van der Waals surface area contributed by atoms with E-state index in [1.165, 1.54) is 25.1 Å². The minimum Gasteiger partial charge on any atom is -0.472 e. The topological polar surface area (TPSA) is 98.6 Å². The van der Waals surface area contributed by atoms with Crippen LogP contribution in [0.15, 0.2) is 93.5 Å². The van der Waals surface area contributed by atoms with Crippen LogP contribution in [0.25, 0.3) is 6.08 Å². The average Bonchev–Trinajstić information content (AvgIpc) is 3.46. The van der Waals surface area contributed by atoms with Crippen molar-refractivity contribution < 1.29 is 14.3 Å². The fraction of sp³-hybridized carbons (Fsp3) is 0.130. The molecule has 0 fully saturated rings. The number of hydrogen-bond donors (Lipinski definition) is 1. The van der Waals surface area contributed by atoms with Crippen molar-refractivity contribution in [3.05, 3.63) is 89.7 Å². The fourth-order valence-electron chi connectivity index (χ4n) is 3.01. The Labute approximate surface area is 174 Å². The van der Waals surface area contributed by atoms with Crippen LogP contribution in [0.3, 0.4) is 0 Å². The molecule has 1 unspecified atom stereocenters. The molecule has 4 aliphatic rings. The van der Waals surface area contributed by atoms with Gasteiger partial charge in [0.25, 0.3) is 5.91 Å². The average molecular weight is 400 g/mol. The third-order valence-electron chi connectivity index (χ3n) is 4.53. The zero-order valence-corrected chi connectivity index (χ0v) is 16.1. The van der Waals surface area contributed by atoms with E-state index in [1.54, 1.807) is 6.08 Å². The van der Waals surface area contributed by atoms with E-state index in [0.717, 1.165) is 16.8 Å². The van der Waals surface area contributed by atoms with E-state index >= 15 is 0 Å². The highest BCUT2D eigenvalue weighted by molar-refractivity contribution is 6.46. The summed E-state index contributed by atoms with van der Waals surface area (Å²) < 4.78 is 11.0. The van der Waals surface area contributed by atoms with Gasteiger partial charge < -0.3 is 15.2 Å². The fourth-order valence-corrected chi connectivity index (χ4v) is 3.01. The van der Waals surface area contributed by atoms with Crippen molar-refractivity contribution in [3.63, 3.8) is 0 Å². The van der Waals surface area contributed by atoms with Crippen molar-refractivity contribution >= 4 is 29.8 Å². The number of aliphatic imine (C=N–C) groups is 3. The summed E-state index contributed by atoms with van der Waals surface area (Å²) in [5.41, 5.74) is 9.48. The molecule has 1 aromatic carbocycles. The van der Waals surface area contributed by atoms with E-state index in [9.17, 15) is 4.79 Å². The number of carbonyl (C=O) groups is 1. The van der Waals surface area contributed by atoms with Gasteiger partial charge in [-0.25, -0.2) is 15.0 Å². The molecule has 1 atom stereocenters. The second-order valence-electron chi connectivity index (χ2n) is 6.62. The smallest absolute Gasteiger partial charge is 0.267 e. The molecule has 5 rings (SSSR count). The minimum atomic E-state index is -0.611. The van der Waals surface area contributed by atoms with Crippen LogP contribution in [0, 0.1) is 0 Å². The van der Waals surface area contributed by atoms with Gasteiger partial charge in [0, 0.05) is 36.4 Å². The number of rotatable bonds is 1. The summed E-state index contributed by atoms with van der Waals surface area (Å²) >= 11 is 0. The lowest BCUT2D eigenvalue weighted by Gasteiger charge is -2.25. The molecule has 2 bridgehead atoms. The third kappa shape index (κ3) is 4.70. The van der Waals surface area contributed by atoms with Crippen LogP contribution < -0.4 is 5.73 Å². The molecule has 7 heteroatoms. The number of carbonyl (C=O) groups excluding carboxylic acids is 1. The lowest BCUT2D eigenvalue weighted by atomic mass is 9.96. The van der Waals surface area contributed by atoms with Gasteiger partial charge in [-0.1, -0.05) is 48.6 Å². The molecule has 0 saturated carbocycles. The zero-order chi connectivity index (χ0) is 20.8. The highest BCUT2D eigenvalue weighted by atomic mass is 16.5. The first-order valence-corrected chi connectivity index (χ1v) is 9.47. The van der Waals surface area contributed by atoms with E-state index < -0.39 is 5.91 Å². The van der Waals surface area contributed by atoms with Crippen molar-refractivity contribution in [2.75, 3.05) is 0 Å². The van der Waals surface area contributed by atoms with Gasteiger partial charge in [0.15, 0.2) is 12.6 Å². The number of hydrogen-bond acceptors (Lipinski definition) is 6. The van der Waals surface area contributed by atoms with Crippen LogP contribution in [0.4, 0.5) is 0 Å². The standard InChI is InChI=1S/C23H20N4O3/c24-23(28)22-18-13-20(18)30-21-14-19(27-21)17-9-5-4-8-16(17)7-3-1-2-6-12-29-15-25-10-11-26-22/h1-12,15,21H,13-14H2,(H2,24,28). The molecule has 0 saturated heterocycles. The molecule has 7 nitrogen and oxygen atoms in total. The monoisotopic (exact) mass is 400 g/mol. The van der Waals surface area contributed by atoms with Crippen molar-refractivity contribution in [1.82, 2.24) is 0 Å². The Kier molecular flexibility index (Phi) is 5.80. The molecule has 0 spiro atoms. The van der Waals surface area contributed by atoms with Gasteiger partial charge in [0.05, 0.1) is 12.0 Å². The van der Waals surface area contributed by atoms with Gasteiger partial charge in [-0.05, 0) is 11.6 Å². The van der Waals surface area contributed by atoms with Gasteiger partial charge in [0.2, 0.25) is 0 Å². The summed E-state index contributed by atoms with van der Waals surface area (Å²) in [6, 6.07) is 8.08. The molecule has 1 amide bonds. The minimum absolute atomic E-state index is 0.173. The Morgan fingerprint density at radius 1 is 1.10 bits per heavy atom. The summed E-state index contributed by atoms with van der Waals surface area (Å²) in [6.07, 6.45) is 16.0. The highest BCUT2D eigenvalue weighted by Crippen LogP contribution is 2.37. The molecule has 2 N–H and O–H groups in total. The van der Waals surface area contributed by atoms with Crippen molar-refractivity contribution in [2.24, 2.45) is 20.7 Å². The Balaban J connectivity index is 1.60. The molecule has 1 aromatic rings. The lowest BCUT2D eigenvalue weighted by molar-refractivity contribution is -0.111. The number of amides is 1. The Morgan fingerprint density at radius 3 is 2.80 bits per heavy atom. The first kappa shape index (κ1) is 19.3. The Morgan fingerprint density at radius 2 is 1.93 bits per heavy atom. The summed E-state index contributed by atoms with van der Waals surface area (Å²) in [4.78, 5) is 24.3. The van der Waals surface area contributed by atoms with Crippen LogP contribution in [-0.4, -0.2) is 30.0 Å². The molecule has 30 heavy (non-hydrogen) atoms. The number of allylic oxidation sites excluding steroid dienone is 5. The molecule has 0 aromatic heterocycles. The second-order valence-corrected chi connectivity index (χ2v) is 6.62. The first-order chi connectivity index (χ1) is 14.7. The van der Waals surface area contributed by atoms with Crippen LogP contribution >= 0.6 is 0 Å². The van der Waals surface area contributed by atoms with Gasteiger partial charge in [-0.2, -0.15) is 0 Å². The highest BCUT2D eigenvalue weighted by Gasteiger charge is 2.35. The largest absolute Gasteiger partial charge is 0.472 e. The number of nitrogens with zero attached hydrogens (tertiary/aromatic N) is 3. The normalized spacial score (nSPS) is 20.5. The van der Waals surface area contributed by atoms with E-state index in [2.05, 4.69) is 15.0 Å².